The zero-order valence-corrected chi connectivity index (χ0v) is 12.0. The number of rotatable bonds is 3. The number of nitrogens with zero attached hydrogens (tertiary/aromatic N) is 1. The Morgan fingerprint density at radius 2 is 2.11 bits per heavy atom. The molecule has 0 aliphatic rings. The highest BCUT2D eigenvalue weighted by atomic mass is 35.5. The van der Waals surface area contributed by atoms with E-state index in [4.69, 9.17) is 11.6 Å². The van der Waals surface area contributed by atoms with Crippen LogP contribution in [0, 0.1) is 19.7 Å². The van der Waals surface area contributed by atoms with Gasteiger partial charge < -0.3 is 5.32 Å². The molecular weight excluding hydrogens is 271 g/mol. The SMILES string of the molecule is Cc1nc(C)c(C(C)Nc2ccc(F)cc2Cl)s1. The van der Waals surface area contributed by atoms with E-state index < -0.39 is 0 Å². The molecule has 1 N–H and O–H groups in total. The van der Waals surface area contributed by atoms with Crippen LogP contribution in [0.4, 0.5) is 10.1 Å². The molecule has 2 aromatic rings. The number of hydrogen-bond donors (Lipinski definition) is 1. The third-order valence-electron chi connectivity index (χ3n) is 2.64. The minimum Gasteiger partial charge on any atom is -0.376 e. The molecule has 1 atom stereocenters. The Labute approximate surface area is 115 Å². The number of anilines is 1. The quantitative estimate of drug-likeness (QED) is 0.882. The molecule has 0 aliphatic carbocycles. The van der Waals surface area contributed by atoms with E-state index in [0.717, 1.165) is 16.4 Å². The van der Waals surface area contributed by atoms with E-state index in [1.165, 1.54) is 17.0 Å². The number of thiazole rings is 1. The zero-order valence-electron chi connectivity index (χ0n) is 10.4. The topological polar surface area (TPSA) is 24.9 Å². The minimum absolute atomic E-state index is 0.0964. The molecule has 1 unspecified atom stereocenters. The van der Waals surface area contributed by atoms with Gasteiger partial charge in [-0.3, -0.25) is 0 Å². The number of nitrogens with one attached hydrogen (secondary N) is 1. The molecule has 0 radical (unpaired) electrons. The Kier molecular flexibility index (Phi) is 3.88. The monoisotopic (exact) mass is 284 g/mol. The van der Waals surface area contributed by atoms with Crippen LogP contribution >= 0.6 is 22.9 Å². The second-order valence-electron chi connectivity index (χ2n) is 4.17. The summed E-state index contributed by atoms with van der Waals surface area (Å²) in [7, 11) is 0. The van der Waals surface area contributed by atoms with E-state index in [0.29, 0.717) is 5.02 Å². The summed E-state index contributed by atoms with van der Waals surface area (Å²) >= 11 is 7.65. The van der Waals surface area contributed by atoms with E-state index in [2.05, 4.69) is 10.3 Å². The van der Waals surface area contributed by atoms with Crippen LogP contribution < -0.4 is 5.32 Å². The first-order chi connectivity index (χ1) is 8.47. The molecular formula is C13H14ClFN2S. The molecule has 0 amide bonds. The van der Waals surface area contributed by atoms with Crippen LogP contribution in [0.5, 0.6) is 0 Å². The average molecular weight is 285 g/mol. The lowest BCUT2D eigenvalue weighted by molar-refractivity contribution is 0.628. The van der Waals surface area contributed by atoms with E-state index in [-0.39, 0.29) is 11.9 Å². The predicted octanol–water partition coefficient (Wildman–Crippen LogP) is 4.73. The van der Waals surface area contributed by atoms with Gasteiger partial charge in [0, 0.05) is 4.88 Å². The fourth-order valence-electron chi connectivity index (χ4n) is 1.85. The number of aromatic nitrogens is 1. The molecule has 5 heteroatoms. The Bertz CT molecular complexity index is 568. The van der Waals surface area contributed by atoms with Crippen LogP contribution in [0.1, 0.15) is 28.5 Å². The van der Waals surface area contributed by atoms with Crippen molar-refractivity contribution in [2.24, 2.45) is 0 Å². The smallest absolute Gasteiger partial charge is 0.124 e. The van der Waals surface area contributed by atoms with E-state index in [9.17, 15) is 4.39 Å². The van der Waals surface area contributed by atoms with Gasteiger partial charge in [0.1, 0.15) is 5.82 Å². The Hall–Kier alpha value is -1.13. The summed E-state index contributed by atoms with van der Waals surface area (Å²) in [6.07, 6.45) is 0. The molecule has 96 valence electrons. The maximum Gasteiger partial charge on any atom is 0.124 e. The first-order valence-corrected chi connectivity index (χ1v) is 6.82. The molecule has 0 fully saturated rings. The van der Waals surface area contributed by atoms with Crippen molar-refractivity contribution in [3.8, 4) is 0 Å². The van der Waals surface area contributed by atoms with Gasteiger partial charge in [-0.1, -0.05) is 11.6 Å². The Morgan fingerprint density at radius 3 is 2.67 bits per heavy atom. The number of aryl methyl sites for hydroxylation is 2. The first-order valence-electron chi connectivity index (χ1n) is 5.63. The van der Waals surface area contributed by atoms with Crippen LogP contribution in [-0.4, -0.2) is 4.98 Å². The van der Waals surface area contributed by atoms with Gasteiger partial charge in [-0.2, -0.15) is 0 Å². The van der Waals surface area contributed by atoms with Gasteiger partial charge in [0.15, 0.2) is 0 Å². The maximum absolute atomic E-state index is 13.0. The van der Waals surface area contributed by atoms with Crippen molar-refractivity contribution in [2.45, 2.75) is 26.8 Å². The summed E-state index contributed by atoms with van der Waals surface area (Å²) in [6.45, 7) is 6.02. The molecule has 0 bridgehead atoms. The molecule has 0 spiro atoms. The Balaban J connectivity index is 2.21. The summed E-state index contributed by atoms with van der Waals surface area (Å²) in [4.78, 5) is 5.57. The molecule has 1 heterocycles. The van der Waals surface area contributed by atoms with Crippen LogP contribution in [0.2, 0.25) is 5.02 Å². The second kappa shape index (κ2) is 5.24. The van der Waals surface area contributed by atoms with Crippen molar-refractivity contribution in [1.29, 1.82) is 0 Å². The van der Waals surface area contributed by atoms with Gasteiger partial charge in [-0.05, 0) is 39.0 Å². The largest absolute Gasteiger partial charge is 0.376 e. The van der Waals surface area contributed by atoms with Gasteiger partial charge in [0.25, 0.3) is 0 Å². The van der Waals surface area contributed by atoms with Gasteiger partial charge >= 0.3 is 0 Å². The number of hydrogen-bond acceptors (Lipinski definition) is 3. The van der Waals surface area contributed by atoms with Crippen LogP contribution in [-0.2, 0) is 0 Å². The third-order valence-corrected chi connectivity index (χ3v) is 4.20. The molecule has 0 aliphatic heterocycles. The molecule has 0 saturated heterocycles. The Morgan fingerprint density at radius 1 is 1.39 bits per heavy atom. The van der Waals surface area contributed by atoms with E-state index in [1.54, 1.807) is 17.4 Å². The number of halogens is 2. The van der Waals surface area contributed by atoms with Crippen molar-refractivity contribution in [2.75, 3.05) is 5.32 Å². The van der Waals surface area contributed by atoms with Gasteiger partial charge in [0.2, 0.25) is 0 Å². The highest BCUT2D eigenvalue weighted by molar-refractivity contribution is 7.11. The molecule has 1 aromatic heterocycles. The highest BCUT2D eigenvalue weighted by Gasteiger charge is 2.14. The molecule has 2 nitrogen and oxygen atoms in total. The second-order valence-corrected chi connectivity index (χ2v) is 5.81. The normalized spacial score (nSPS) is 12.5. The molecule has 1 aromatic carbocycles. The maximum atomic E-state index is 13.0. The van der Waals surface area contributed by atoms with Crippen LogP contribution in [0.25, 0.3) is 0 Å². The highest BCUT2D eigenvalue weighted by Crippen LogP contribution is 2.30. The molecule has 18 heavy (non-hydrogen) atoms. The predicted molar refractivity (Wildman–Crippen MR) is 75.0 cm³/mol. The fraction of sp³-hybridized carbons (Fsp3) is 0.308. The van der Waals surface area contributed by atoms with Crippen LogP contribution in [0.3, 0.4) is 0 Å². The summed E-state index contributed by atoms with van der Waals surface area (Å²) in [5.41, 5.74) is 1.76. The third kappa shape index (κ3) is 2.82. The van der Waals surface area contributed by atoms with Crippen molar-refractivity contribution in [3.05, 3.63) is 44.6 Å². The van der Waals surface area contributed by atoms with E-state index in [1.807, 2.05) is 20.8 Å². The number of benzene rings is 1. The van der Waals surface area contributed by atoms with Crippen molar-refractivity contribution in [3.63, 3.8) is 0 Å². The lowest BCUT2D eigenvalue weighted by Crippen LogP contribution is -2.06. The summed E-state index contributed by atoms with van der Waals surface area (Å²) in [5, 5.41) is 4.71. The zero-order chi connectivity index (χ0) is 13.3. The van der Waals surface area contributed by atoms with Crippen LogP contribution in [0.15, 0.2) is 18.2 Å². The van der Waals surface area contributed by atoms with Gasteiger partial charge in [0.05, 0.1) is 27.5 Å². The van der Waals surface area contributed by atoms with E-state index >= 15 is 0 Å². The summed E-state index contributed by atoms with van der Waals surface area (Å²) in [5.74, 6) is -0.331. The molecule has 2 rings (SSSR count). The van der Waals surface area contributed by atoms with Gasteiger partial charge in [-0.25, -0.2) is 9.37 Å². The molecule has 0 saturated carbocycles. The summed E-state index contributed by atoms with van der Waals surface area (Å²) in [6, 6.07) is 4.45. The lowest BCUT2D eigenvalue weighted by Gasteiger charge is -2.15. The fourth-order valence-corrected chi connectivity index (χ4v) is 3.01. The van der Waals surface area contributed by atoms with Crippen molar-refractivity contribution < 1.29 is 4.39 Å². The first kappa shape index (κ1) is 13.3. The standard InChI is InChI=1S/C13H14ClFN2S/c1-7-13(18-9(3)16-7)8(2)17-12-5-4-10(15)6-11(12)14/h4-6,8,17H,1-3H3. The summed E-state index contributed by atoms with van der Waals surface area (Å²) < 4.78 is 13.0. The van der Waals surface area contributed by atoms with Crippen molar-refractivity contribution in [1.82, 2.24) is 4.98 Å². The minimum atomic E-state index is -0.331. The lowest BCUT2D eigenvalue weighted by atomic mass is 10.2. The van der Waals surface area contributed by atoms with Crippen molar-refractivity contribution >= 4 is 28.6 Å². The van der Waals surface area contributed by atoms with Gasteiger partial charge in [-0.15, -0.1) is 11.3 Å². The average Bonchev–Trinajstić information content (AvgIpc) is 2.62.